The molecule has 2 atom stereocenters. The summed E-state index contributed by atoms with van der Waals surface area (Å²) in [5.74, 6) is 0.0655. The van der Waals surface area contributed by atoms with Gasteiger partial charge in [0, 0.05) is 19.6 Å². The number of hydrogen-bond acceptors (Lipinski definition) is 4. The van der Waals surface area contributed by atoms with Crippen molar-refractivity contribution in [1.29, 1.82) is 0 Å². The van der Waals surface area contributed by atoms with Gasteiger partial charge in [0.1, 0.15) is 0 Å². The van der Waals surface area contributed by atoms with Gasteiger partial charge in [-0.05, 0) is 51.2 Å². The van der Waals surface area contributed by atoms with Gasteiger partial charge in [0.15, 0.2) is 0 Å². The van der Waals surface area contributed by atoms with Crippen LogP contribution in [-0.2, 0) is 14.8 Å². The van der Waals surface area contributed by atoms with Crippen molar-refractivity contribution in [3.63, 3.8) is 0 Å². The quantitative estimate of drug-likeness (QED) is 0.712. The minimum Gasteiger partial charge on any atom is -0.341 e. The molecule has 0 radical (unpaired) electrons. The van der Waals surface area contributed by atoms with Gasteiger partial charge in [-0.3, -0.25) is 4.79 Å². The Morgan fingerprint density at radius 1 is 1.33 bits per heavy atom. The Hall–Kier alpha value is -1.15. The normalized spacial score (nSPS) is 19.9. The molecule has 1 heterocycles. The number of carbonyl (C=O) groups is 1. The van der Waals surface area contributed by atoms with E-state index < -0.39 is 15.6 Å². The van der Waals surface area contributed by atoms with E-state index in [0.717, 1.165) is 24.8 Å². The Labute approximate surface area is 169 Å². The average molecular weight is 418 g/mol. The first-order valence-corrected chi connectivity index (χ1v) is 10.8. The van der Waals surface area contributed by atoms with E-state index >= 15 is 0 Å². The number of nitrogens with zero attached hydrogens (tertiary/aromatic N) is 1. The summed E-state index contributed by atoms with van der Waals surface area (Å²) in [4.78, 5) is 14.7. The van der Waals surface area contributed by atoms with Crippen LogP contribution in [0.3, 0.4) is 0 Å². The number of halogens is 1. The molecule has 0 bridgehead atoms. The summed E-state index contributed by atoms with van der Waals surface area (Å²) in [5.41, 5.74) is 6.34. The molecular formula is C19H32ClN3O3S. The van der Waals surface area contributed by atoms with Crippen molar-refractivity contribution in [3.8, 4) is 0 Å². The summed E-state index contributed by atoms with van der Waals surface area (Å²) in [5, 5.41) is 0. The number of hydrogen-bond donors (Lipinski definition) is 2. The van der Waals surface area contributed by atoms with Crippen LogP contribution in [0.15, 0.2) is 29.2 Å². The van der Waals surface area contributed by atoms with Crippen LogP contribution in [0.25, 0.3) is 0 Å². The fraction of sp³-hybridized carbons (Fsp3) is 0.632. The highest BCUT2D eigenvalue weighted by atomic mass is 35.5. The molecule has 154 valence electrons. The molecule has 0 saturated carbocycles. The summed E-state index contributed by atoms with van der Waals surface area (Å²) in [6, 6.07) is 6.79. The van der Waals surface area contributed by atoms with Crippen molar-refractivity contribution >= 4 is 28.3 Å². The number of rotatable bonds is 7. The number of nitrogens with one attached hydrogen (secondary N) is 1. The number of amides is 1. The van der Waals surface area contributed by atoms with Gasteiger partial charge in [0.05, 0.1) is 10.4 Å². The predicted molar refractivity (Wildman–Crippen MR) is 110 cm³/mol. The molecule has 2 unspecified atom stereocenters. The van der Waals surface area contributed by atoms with Crippen molar-refractivity contribution in [3.05, 3.63) is 29.8 Å². The van der Waals surface area contributed by atoms with E-state index in [1.54, 1.807) is 36.1 Å². The third kappa shape index (κ3) is 6.45. The van der Waals surface area contributed by atoms with Gasteiger partial charge in [-0.15, -0.1) is 12.4 Å². The minimum atomic E-state index is -3.53. The van der Waals surface area contributed by atoms with E-state index in [-0.39, 0.29) is 29.1 Å². The van der Waals surface area contributed by atoms with Gasteiger partial charge in [-0.25, -0.2) is 13.1 Å². The van der Waals surface area contributed by atoms with Crippen LogP contribution in [0.1, 0.15) is 45.1 Å². The second-order valence-electron chi connectivity index (χ2n) is 7.59. The minimum absolute atomic E-state index is 0. The van der Waals surface area contributed by atoms with Gasteiger partial charge >= 0.3 is 0 Å². The van der Waals surface area contributed by atoms with Crippen molar-refractivity contribution in [1.82, 2.24) is 9.62 Å². The Bertz CT molecular complexity index is 720. The largest absolute Gasteiger partial charge is 0.341 e. The Kier molecular flexibility index (Phi) is 8.73. The zero-order valence-corrected chi connectivity index (χ0v) is 18.0. The van der Waals surface area contributed by atoms with Crippen LogP contribution in [0.2, 0.25) is 0 Å². The molecule has 27 heavy (non-hydrogen) atoms. The van der Waals surface area contributed by atoms with Crippen LogP contribution in [-0.4, -0.2) is 44.4 Å². The van der Waals surface area contributed by atoms with E-state index in [0.29, 0.717) is 26.1 Å². The molecule has 6 nitrogen and oxygen atoms in total. The van der Waals surface area contributed by atoms with E-state index in [9.17, 15) is 13.2 Å². The lowest BCUT2D eigenvalue weighted by Gasteiger charge is -2.37. The smallest absolute Gasteiger partial charge is 0.242 e. The topological polar surface area (TPSA) is 92.5 Å². The zero-order valence-electron chi connectivity index (χ0n) is 16.4. The molecule has 8 heteroatoms. The average Bonchev–Trinajstić information content (AvgIpc) is 2.60. The summed E-state index contributed by atoms with van der Waals surface area (Å²) in [6.45, 7) is 7.28. The molecule has 2 rings (SSSR count). The lowest BCUT2D eigenvalue weighted by molar-refractivity contribution is -0.138. The number of benzene rings is 1. The number of carbonyl (C=O) groups excluding carboxylic acids is 1. The monoisotopic (exact) mass is 417 g/mol. The first-order chi connectivity index (χ1) is 12.2. The van der Waals surface area contributed by atoms with E-state index in [4.69, 9.17) is 5.73 Å². The Morgan fingerprint density at radius 3 is 2.56 bits per heavy atom. The summed E-state index contributed by atoms with van der Waals surface area (Å²) < 4.78 is 27.6. The molecule has 0 aliphatic carbocycles. The molecule has 1 aliphatic heterocycles. The third-order valence-corrected chi connectivity index (χ3v) is 6.40. The Balaban J connectivity index is 0.00000364. The maximum Gasteiger partial charge on any atom is 0.242 e. The highest BCUT2D eigenvalue weighted by Crippen LogP contribution is 2.21. The molecule has 1 aliphatic rings. The van der Waals surface area contributed by atoms with Crippen molar-refractivity contribution in [2.45, 2.75) is 56.9 Å². The fourth-order valence-corrected chi connectivity index (χ4v) is 4.55. The third-order valence-electron chi connectivity index (χ3n) is 4.96. The van der Waals surface area contributed by atoms with E-state index in [2.05, 4.69) is 4.72 Å². The summed E-state index contributed by atoms with van der Waals surface area (Å²) in [6.07, 6.45) is 3.26. The van der Waals surface area contributed by atoms with Crippen LogP contribution in [0.5, 0.6) is 0 Å². The molecular weight excluding hydrogens is 386 g/mol. The zero-order chi connectivity index (χ0) is 19.4. The number of likely N-dealkylation sites (tertiary alicyclic amines) is 1. The molecule has 0 spiro atoms. The highest BCUT2D eigenvalue weighted by molar-refractivity contribution is 7.89. The van der Waals surface area contributed by atoms with Crippen LogP contribution >= 0.6 is 12.4 Å². The highest BCUT2D eigenvalue weighted by Gasteiger charge is 2.34. The van der Waals surface area contributed by atoms with Gasteiger partial charge in [0.25, 0.3) is 0 Å². The molecule has 1 amide bonds. The fourth-order valence-electron chi connectivity index (χ4n) is 3.43. The van der Waals surface area contributed by atoms with Crippen molar-refractivity contribution in [2.24, 2.45) is 11.7 Å². The van der Waals surface area contributed by atoms with Gasteiger partial charge in [0.2, 0.25) is 15.9 Å². The van der Waals surface area contributed by atoms with Crippen LogP contribution in [0, 0.1) is 12.8 Å². The predicted octanol–water partition coefficient (Wildman–Crippen LogP) is 2.45. The van der Waals surface area contributed by atoms with Gasteiger partial charge < -0.3 is 10.6 Å². The van der Waals surface area contributed by atoms with Crippen LogP contribution in [0.4, 0.5) is 0 Å². The van der Waals surface area contributed by atoms with E-state index in [1.807, 2.05) is 13.8 Å². The molecule has 0 aromatic heterocycles. The number of aryl methyl sites for hydroxylation is 1. The SMILES string of the molecule is CCCC(C)(N)C(=O)N1CCCC(CNS(=O)(=O)c2ccc(C)cc2)C1.Cl. The first-order valence-electron chi connectivity index (χ1n) is 9.30. The standard InChI is InChI=1S/C19H31N3O3S.ClH/c1-4-11-19(3,20)18(23)22-12-5-6-16(14-22)13-21-26(24,25)17-9-7-15(2)8-10-17;/h7-10,16,21H,4-6,11-14,20H2,1-3H3;1H. The number of piperidine rings is 1. The maximum atomic E-state index is 12.7. The van der Waals surface area contributed by atoms with Crippen molar-refractivity contribution < 1.29 is 13.2 Å². The number of sulfonamides is 1. The molecule has 1 saturated heterocycles. The molecule has 1 aromatic rings. The Morgan fingerprint density at radius 2 is 1.96 bits per heavy atom. The molecule has 3 N–H and O–H groups in total. The van der Waals surface area contributed by atoms with Gasteiger partial charge in [-0.1, -0.05) is 31.0 Å². The number of nitrogens with two attached hydrogens (primary N) is 1. The molecule has 1 aromatic carbocycles. The van der Waals surface area contributed by atoms with Gasteiger partial charge in [-0.2, -0.15) is 0 Å². The molecule has 1 fully saturated rings. The second-order valence-corrected chi connectivity index (χ2v) is 9.36. The second kappa shape index (κ2) is 9.87. The lowest BCUT2D eigenvalue weighted by Crippen LogP contribution is -2.56. The first kappa shape index (κ1) is 23.9. The lowest BCUT2D eigenvalue weighted by atomic mass is 9.92. The van der Waals surface area contributed by atoms with Crippen molar-refractivity contribution in [2.75, 3.05) is 19.6 Å². The van der Waals surface area contributed by atoms with E-state index in [1.165, 1.54) is 0 Å². The summed E-state index contributed by atoms with van der Waals surface area (Å²) in [7, 11) is -3.53. The van der Waals surface area contributed by atoms with Crippen LogP contribution < -0.4 is 10.5 Å². The maximum absolute atomic E-state index is 12.7. The summed E-state index contributed by atoms with van der Waals surface area (Å²) >= 11 is 0.